The van der Waals surface area contributed by atoms with E-state index in [1.54, 1.807) is 48.5 Å². The van der Waals surface area contributed by atoms with Crippen LogP contribution in [0.3, 0.4) is 0 Å². The predicted octanol–water partition coefficient (Wildman–Crippen LogP) is 3.60. The SMILES string of the molecule is O=[N+]([O-])c1ccc([C@H](O)P(=O)(c2ccccc2)c2ccccc2)cc1. The van der Waals surface area contributed by atoms with Gasteiger partial charge in [0.25, 0.3) is 5.69 Å². The highest BCUT2D eigenvalue weighted by molar-refractivity contribution is 7.78. The summed E-state index contributed by atoms with van der Waals surface area (Å²) >= 11 is 0. The monoisotopic (exact) mass is 353 g/mol. The summed E-state index contributed by atoms with van der Waals surface area (Å²) < 4.78 is 14.0. The fourth-order valence-electron chi connectivity index (χ4n) is 2.71. The Hall–Kier alpha value is -2.75. The van der Waals surface area contributed by atoms with Gasteiger partial charge in [-0.25, -0.2) is 0 Å². The van der Waals surface area contributed by atoms with E-state index in [0.29, 0.717) is 16.2 Å². The second-order valence-corrected chi connectivity index (χ2v) is 8.39. The molecule has 3 aromatic carbocycles. The Morgan fingerprint density at radius 2 is 1.24 bits per heavy atom. The number of hydrogen-bond acceptors (Lipinski definition) is 4. The van der Waals surface area contributed by atoms with Crippen LogP contribution in [0.25, 0.3) is 0 Å². The highest BCUT2D eigenvalue weighted by Crippen LogP contribution is 2.55. The van der Waals surface area contributed by atoms with Crippen LogP contribution in [0, 0.1) is 10.1 Å². The maximum Gasteiger partial charge on any atom is 0.269 e. The molecule has 0 saturated carbocycles. The van der Waals surface area contributed by atoms with Crippen molar-refractivity contribution in [2.24, 2.45) is 0 Å². The standard InChI is InChI=1S/C19H16NO4P/c21-19(15-11-13-16(14-12-15)20(22)23)25(24,17-7-3-1-4-8-17)18-9-5-2-6-10-18/h1-14,19,21H/t19-/m1/s1. The number of rotatable bonds is 5. The van der Waals surface area contributed by atoms with Crippen LogP contribution in [0.1, 0.15) is 11.4 Å². The van der Waals surface area contributed by atoms with Gasteiger partial charge in [-0.2, -0.15) is 0 Å². The Bertz CT molecular complexity index is 868. The first kappa shape index (κ1) is 17.1. The van der Waals surface area contributed by atoms with Gasteiger partial charge < -0.3 is 9.67 Å². The van der Waals surface area contributed by atoms with Crippen molar-refractivity contribution in [1.82, 2.24) is 0 Å². The molecule has 0 heterocycles. The molecule has 0 radical (unpaired) electrons. The summed E-state index contributed by atoms with van der Waals surface area (Å²) in [5, 5.41) is 22.8. The molecule has 0 aliphatic rings. The van der Waals surface area contributed by atoms with Crippen molar-refractivity contribution in [1.29, 1.82) is 0 Å². The average Bonchev–Trinajstić information content (AvgIpc) is 2.68. The van der Waals surface area contributed by atoms with Crippen LogP contribution in [0.2, 0.25) is 0 Å². The number of aliphatic hydroxyl groups is 1. The quantitative estimate of drug-likeness (QED) is 0.432. The second kappa shape index (κ2) is 7.01. The molecule has 25 heavy (non-hydrogen) atoms. The molecule has 6 heteroatoms. The van der Waals surface area contributed by atoms with Gasteiger partial charge in [-0.3, -0.25) is 10.1 Å². The Balaban J connectivity index is 2.12. The second-order valence-electron chi connectivity index (χ2n) is 5.55. The molecule has 3 rings (SSSR count). The van der Waals surface area contributed by atoms with E-state index in [4.69, 9.17) is 0 Å². The highest BCUT2D eigenvalue weighted by Gasteiger charge is 2.36. The topological polar surface area (TPSA) is 80.4 Å². The van der Waals surface area contributed by atoms with Crippen molar-refractivity contribution in [3.8, 4) is 0 Å². The van der Waals surface area contributed by atoms with Gasteiger partial charge in [0.15, 0.2) is 7.14 Å². The average molecular weight is 353 g/mol. The van der Waals surface area contributed by atoms with Crippen LogP contribution < -0.4 is 10.6 Å². The van der Waals surface area contributed by atoms with E-state index in [1.807, 2.05) is 12.1 Å². The van der Waals surface area contributed by atoms with E-state index < -0.39 is 17.9 Å². The fraction of sp³-hybridized carbons (Fsp3) is 0.0526. The van der Waals surface area contributed by atoms with Gasteiger partial charge in [0.05, 0.1) is 4.92 Å². The van der Waals surface area contributed by atoms with Crippen LogP contribution in [-0.2, 0) is 4.57 Å². The van der Waals surface area contributed by atoms with E-state index in [9.17, 15) is 19.8 Å². The van der Waals surface area contributed by atoms with Gasteiger partial charge >= 0.3 is 0 Å². The van der Waals surface area contributed by atoms with Crippen molar-refractivity contribution in [2.45, 2.75) is 5.85 Å². The predicted molar refractivity (Wildman–Crippen MR) is 97.8 cm³/mol. The van der Waals surface area contributed by atoms with E-state index in [0.717, 1.165) is 0 Å². The molecule has 0 fully saturated rings. The van der Waals surface area contributed by atoms with Crippen molar-refractivity contribution in [3.05, 3.63) is 101 Å². The van der Waals surface area contributed by atoms with Gasteiger partial charge in [-0.15, -0.1) is 0 Å². The minimum absolute atomic E-state index is 0.0785. The number of non-ortho nitro benzene ring substituents is 1. The summed E-state index contributed by atoms with van der Waals surface area (Å²) in [4.78, 5) is 10.3. The first-order chi connectivity index (χ1) is 12.0. The summed E-state index contributed by atoms with van der Waals surface area (Å²) in [5.74, 6) is -1.29. The maximum atomic E-state index is 14.0. The Labute approximate surface area is 145 Å². The summed E-state index contributed by atoms with van der Waals surface area (Å²) in [6, 6.07) is 23.1. The lowest BCUT2D eigenvalue weighted by molar-refractivity contribution is -0.384. The van der Waals surface area contributed by atoms with Crippen molar-refractivity contribution < 1.29 is 14.6 Å². The molecule has 5 nitrogen and oxygen atoms in total. The smallest absolute Gasteiger partial charge is 0.269 e. The van der Waals surface area contributed by atoms with E-state index in [2.05, 4.69) is 0 Å². The third kappa shape index (κ3) is 3.25. The Morgan fingerprint density at radius 1 is 0.800 bits per heavy atom. The maximum absolute atomic E-state index is 14.0. The van der Waals surface area contributed by atoms with Crippen LogP contribution in [0.5, 0.6) is 0 Å². The van der Waals surface area contributed by atoms with Gasteiger partial charge in [0.2, 0.25) is 0 Å². The Kier molecular flexibility index (Phi) is 4.79. The van der Waals surface area contributed by atoms with E-state index in [-0.39, 0.29) is 5.69 Å². The molecule has 1 N–H and O–H groups in total. The van der Waals surface area contributed by atoms with Crippen LogP contribution in [0.15, 0.2) is 84.9 Å². The number of nitrogens with zero attached hydrogens (tertiary/aromatic N) is 1. The van der Waals surface area contributed by atoms with Gasteiger partial charge in [-0.05, 0) is 17.7 Å². The fourth-order valence-corrected chi connectivity index (χ4v) is 5.39. The zero-order valence-corrected chi connectivity index (χ0v) is 14.1. The van der Waals surface area contributed by atoms with Crippen molar-refractivity contribution in [2.75, 3.05) is 0 Å². The molecular formula is C19H16NO4P. The molecule has 0 spiro atoms. The number of nitro groups is 1. The molecule has 1 atom stereocenters. The van der Waals surface area contributed by atoms with E-state index >= 15 is 0 Å². The molecule has 126 valence electrons. The number of nitro benzene ring substituents is 1. The van der Waals surface area contributed by atoms with Gasteiger partial charge in [0.1, 0.15) is 5.85 Å². The Morgan fingerprint density at radius 3 is 1.64 bits per heavy atom. The molecule has 0 saturated heterocycles. The summed E-state index contributed by atoms with van der Waals surface area (Å²) in [7, 11) is -3.39. The minimum atomic E-state index is -3.39. The first-order valence-electron chi connectivity index (χ1n) is 7.67. The molecule has 0 amide bonds. The molecule has 3 aromatic rings. The summed E-state index contributed by atoms with van der Waals surface area (Å²) in [6.07, 6.45) is 0. The molecule has 0 unspecified atom stereocenters. The van der Waals surface area contributed by atoms with Gasteiger partial charge in [0, 0.05) is 22.7 Å². The minimum Gasteiger partial charge on any atom is -0.380 e. The third-order valence-corrected chi connectivity index (χ3v) is 7.14. The van der Waals surface area contributed by atoms with Crippen molar-refractivity contribution in [3.63, 3.8) is 0 Å². The molecule has 0 aromatic heterocycles. The normalized spacial score (nSPS) is 12.5. The molecule has 0 aliphatic carbocycles. The van der Waals surface area contributed by atoms with Crippen molar-refractivity contribution >= 4 is 23.4 Å². The molecular weight excluding hydrogens is 337 g/mol. The highest BCUT2D eigenvalue weighted by atomic mass is 31.2. The molecule has 0 aliphatic heterocycles. The van der Waals surface area contributed by atoms with Crippen LogP contribution >= 0.6 is 7.14 Å². The summed E-state index contributed by atoms with van der Waals surface area (Å²) in [6.45, 7) is 0. The van der Waals surface area contributed by atoms with Crippen LogP contribution in [0.4, 0.5) is 5.69 Å². The largest absolute Gasteiger partial charge is 0.380 e. The van der Waals surface area contributed by atoms with Gasteiger partial charge in [-0.1, -0.05) is 60.7 Å². The van der Waals surface area contributed by atoms with E-state index in [1.165, 1.54) is 24.3 Å². The zero-order chi connectivity index (χ0) is 17.9. The number of aliphatic hydroxyl groups excluding tert-OH is 1. The lowest BCUT2D eigenvalue weighted by atomic mass is 10.2. The summed E-state index contributed by atoms with van der Waals surface area (Å²) in [5.41, 5.74) is 0.298. The number of hydrogen-bond donors (Lipinski definition) is 1. The lowest BCUT2D eigenvalue weighted by Gasteiger charge is -2.25. The lowest BCUT2D eigenvalue weighted by Crippen LogP contribution is -2.21. The number of benzene rings is 3. The third-order valence-electron chi connectivity index (χ3n) is 4.03. The first-order valence-corrected chi connectivity index (χ1v) is 9.44. The molecule has 0 bridgehead atoms. The van der Waals surface area contributed by atoms with Crippen LogP contribution in [-0.4, -0.2) is 10.0 Å². The zero-order valence-electron chi connectivity index (χ0n) is 13.2.